The van der Waals surface area contributed by atoms with Crippen molar-refractivity contribution in [3.63, 3.8) is 0 Å². The lowest BCUT2D eigenvalue weighted by Crippen LogP contribution is -3.06. The summed E-state index contributed by atoms with van der Waals surface area (Å²) in [6.45, 7) is 4.30. The molecule has 5 nitrogen and oxygen atoms in total. The Bertz CT molecular complexity index is 400. The molecule has 0 aromatic rings. The minimum atomic E-state index is -4.26. The number of hydrogen-bond donors (Lipinski definition) is 2. The fourth-order valence-corrected chi connectivity index (χ4v) is 2.13. The highest BCUT2D eigenvalue weighted by molar-refractivity contribution is 7.87. The standard InChI is InChI=1S/C8H12O3S.C4H11NO/c1-7-5-3-4-6-8(7,2)12(9,10)11;1-5(2)3-4-6/h3-7H,1-2H3,(H,9,10,11);6H,3-4H2,1-2H3. The van der Waals surface area contributed by atoms with Gasteiger partial charge in [-0.15, -0.1) is 0 Å². The Labute approximate surface area is 110 Å². The normalized spacial score (nSPS) is 26.9. The predicted molar refractivity (Wildman–Crippen MR) is 70.3 cm³/mol. The monoisotopic (exact) mass is 277 g/mol. The van der Waals surface area contributed by atoms with Crippen molar-refractivity contribution in [2.24, 2.45) is 5.92 Å². The van der Waals surface area contributed by atoms with E-state index in [9.17, 15) is 13.0 Å². The number of nitrogens with one attached hydrogen (secondary N) is 1. The Hall–Kier alpha value is -0.690. The molecule has 2 atom stereocenters. The molecule has 0 heterocycles. The third-order valence-corrected chi connectivity index (χ3v) is 4.58. The van der Waals surface area contributed by atoms with Crippen LogP contribution in [0.4, 0.5) is 0 Å². The first-order valence-electron chi connectivity index (χ1n) is 5.86. The smallest absolute Gasteiger partial charge is 0.104 e. The van der Waals surface area contributed by atoms with Gasteiger partial charge in [0.05, 0.1) is 25.4 Å². The van der Waals surface area contributed by atoms with Crippen molar-refractivity contribution in [2.45, 2.75) is 18.6 Å². The molecule has 0 saturated carbocycles. The second kappa shape index (κ2) is 7.04. The van der Waals surface area contributed by atoms with E-state index >= 15 is 0 Å². The van der Waals surface area contributed by atoms with Crippen LogP contribution in [0, 0.1) is 5.92 Å². The molecule has 1 aliphatic carbocycles. The number of quaternary nitrogens is 1. The van der Waals surface area contributed by atoms with Gasteiger partial charge in [0.15, 0.2) is 0 Å². The first-order chi connectivity index (χ1) is 8.15. The van der Waals surface area contributed by atoms with E-state index in [1.807, 2.05) is 14.1 Å². The van der Waals surface area contributed by atoms with Crippen LogP contribution in [-0.2, 0) is 10.1 Å². The Morgan fingerprint density at radius 3 is 2.17 bits per heavy atom. The Balaban J connectivity index is 0.000000411. The van der Waals surface area contributed by atoms with Crippen molar-refractivity contribution in [2.75, 3.05) is 27.2 Å². The molecule has 2 unspecified atom stereocenters. The summed E-state index contributed by atoms with van der Waals surface area (Å²) in [7, 11) is -0.242. The molecule has 106 valence electrons. The highest BCUT2D eigenvalue weighted by Crippen LogP contribution is 2.30. The van der Waals surface area contributed by atoms with Gasteiger partial charge in [-0.05, 0) is 12.8 Å². The number of aliphatic hydroxyl groups is 1. The molecule has 0 bridgehead atoms. The van der Waals surface area contributed by atoms with E-state index in [2.05, 4.69) is 0 Å². The summed E-state index contributed by atoms with van der Waals surface area (Å²) >= 11 is 0. The number of hydrogen-bond acceptors (Lipinski definition) is 4. The molecule has 1 rings (SSSR count). The third kappa shape index (κ3) is 4.89. The maximum absolute atomic E-state index is 10.9. The van der Waals surface area contributed by atoms with Crippen LogP contribution >= 0.6 is 0 Å². The van der Waals surface area contributed by atoms with E-state index in [4.69, 9.17) is 5.11 Å². The lowest BCUT2D eigenvalue weighted by molar-refractivity contribution is -0.858. The van der Waals surface area contributed by atoms with Gasteiger partial charge in [-0.1, -0.05) is 31.2 Å². The summed E-state index contributed by atoms with van der Waals surface area (Å²) in [4.78, 5) is 1.29. The zero-order valence-electron chi connectivity index (χ0n) is 11.4. The molecule has 6 heteroatoms. The van der Waals surface area contributed by atoms with Crippen LogP contribution in [0.5, 0.6) is 0 Å². The van der Waals surface area contributed by atoms with Crippen LogP contribution < -0.4 is 4.90 Å². The number of rotatable bonds is 3. The first-order valence-corrected chi connectivity index (χ1v) is 7.27. The third-order valence-electron chi connectivity index (χ3n) is 2.99. The zero-order valence-corrected chi connectivity index (χ0v) is 12.2. The van der Waals surface area contributed by atoms with Crippen LogP contribution in [0.3, 0.4) is 0 Å². The molecule has 0 saturated heterocycles. The van der Waals surface area contributed by atoms with Crippen molar-refractivity contribution >= 4 is 10.1 Å². The van der Waals surface area contributed by atoms with Gasteiger partial charge in [0, 0.05) is 0 Å². The fourth-order valence-electron chi connectivity index (χ4n) is 1.35. The highest BCUT2D eigenvalue weighted by atomic mass is 32.2. The van der Waals surface area contributed by atoms with Crippen LogP contribution in [0.25, 0.3) is 0 Å². The Morgan fingerprint density at radius 1 is 1.39 bits per heavy atom. The molecular formula is C12H23NO4S. The molecule has 0 aromatic heterocycles. The van der Waals surface area contributed by atoms with E-state index in [1.165, 1.54) is 17.9 Å². The van der Waals surface area contributed by atoms with E-state index < -0.39 is 14.9 Å². The van der Waals surface area contributed by atoms with Crippen molar-refractivity contribution in [3.8, 4) is 0 Å². The van der Waals surface area contributed by atoms with Crippen molar-refractivity contribution in [3.05, 3.63) is 24.3 Å². The summed E-state index contributed by atoms with van der Waals surface area (Å²) in [5.41, 5.74) is 0. The van der Waals surface area contributed by atoms with Crippen LogP contribution in [0.1, 0.15) is 13.8 Å². The van der Waals surface area contributed by atoms with E-state index in [0.29, 0.717) is 6.61 Å². The largest absolute Gasteiger partial charge is 0.747 e. The van der Waals surface area contributed by atoms with Crippen molar-refractivity contribution < 1.29 is 23.0 Å². The molecule has 2 N–H and O–H groups in total. The van der Waals surface area contributed by atoms with Crippen molar-refractivity contribution in [1.29, 1.82) is 0 Å². The second-order valence-electron chi connectivity index (χ2n) is 4.85. The Morgan fingerprint density at radius 2 is 1.94 bits per heavy atom. The molecule has 0 aliphatic heterocycles. The molecular weight excluding hydrogens is 254 g/mol. The minimum absolute atomic E-state index is 0.259. The lowest BCUT2D eigenvalue weighted by Gasteiger charge is -2.35. The van der Waals surface area contributed by atoms with Gasteiger partial charge in [-0.3, -0.25) is 0 Å². The van der Waals surface area contributed by atoms with E-state index in [-0.39, 0.29) is 5.92 Å². The average molecular weight is 277 g/mol. The van der Waals surface area contributed by atoms with Gasteiger partial charge in [0.25, 0.3) is 0 Å². The van der Waals surface area contributed by atoms with Crippen LogP contribution in [0.2, 0.25) is 0 Å². The maximum Gasteiger partial charge on any atom is 0.104 e. The molecule has 0 fully saturated rings. The van der Waals surface area contributed by atoms with Crippen LogP contribution in [0.15, 0.2) is 24.3 Å². The number of allylic oxidation sites excluding steroid dienone is 3. The number of likely N-dealkylation sites (N-methyl/N-ethyl adjacent to an activating group) is 1. The molecule has 0 amide bonds. The van der Waals surface area contributed by atoms with Gasteiger partial charge in [-0.25, -0.2) is 8.42 Å². The van der Waals surface area contributed by atoms with E-state index in [1.54, 1.807) is 25.2 Å². The summed E-state index contributed by atoms with van der Waals surface area (Å²) in [5.74, 6) is -0.259. The molecule has 1 aliphatic rings. The van der Waals surface area contributed by atoms with Crippen LogP contribution in [-0.4, -0.2) is 50.1 Å². The molecule has 18 heavy (non-hydrogen) atoms. The second-order valence-corrected chi connectivity index (χ2v) is 6.64. The van der Waals surface area contributed by atoms with Gasteiger partial charge < -0.3 is 14.6 Å². The Kier molecular flexibility index (Phi) is 6.77. The first kappa shape index (κ1) is 17.3. The summed E-state index contributed by atoms with van der Waals surface area (Å²) in [6.07, 6.45) is 6.50. The quantitative estimate of drug-likeness (QED) is 0.660. The predicted octanol–water partition coefficient (Wildman–Crippen LogP) is -0.824. The fraction of sp³-hybridized carbons (Fsp3) is 0.667. The summed E-state index contributed by atoms with van der Waals surface area (Å²) in [6, 6.07) is 0. The van der Waals surface area contributed by atoms with Gasteiger partial charge >= 0.3 is 0 Å². The van der Waals surface area contributed by atoms with Gasteiger partial charge in [0.2, 0.25) is 0 Å². The molecule has 0 aromatic carbocycles. The molecule has 0 spiro atoms. The lowest BCUT2D eigenvalue weighted by atomic mass is 9.91. The minimum Gasteiger partial charge on any atom is -0.747 e. The molecule has 0 radical (unpaired) electrons. The van der Waals surface area contributed by atoms with Gasteiger partial charge in [0.1, 0.15) is 16.7 Å². The highest BCUT2D eigenvalue weighted by Gasteiger charge is 2.34. The van der Waals surface area contributed by atoms with E-state index in [0.717, 1.165) is 6.54 Å². The topological polar surface area (TPSA) is 81.9 Å². The summed E-state index contributed by atoms with van der Waals surface area (Å²) in [5, 5.41) is 8.22. The number of aliphatic hydroxyl groups excluding tert-OH is 1. The summed E-state index contributed by atoms with van der Waals surface area (Å²) < 4.78 is 31.4. The van der Waals surface area contributed by atoms with Gasteiger partial charge in [-0.2, -0.15) is 0 Å². The average Bonchev–Trinajstić information content (AvgIpc) is 2.21. The maximum atomic E-state index is 10.9. The van der Waals surface area contributed by atoms with Crippen molar-refractivity contribution in [1.82, 2.24) is 0 Å². The SMILES string of the molecule is CC1C=CC=CC1(C)S(=O)(=O)[O-].C[NH+](C)CCO. The zero-order chi connectivity index (χ0) is 14.4.